The largest absolute Gasteiger partial charge is 0.507 e. The molecule has 1 aromatic rings. The summed E-state index contributed by atoms with van der Waals surface area (Å²) in [4.78, 5) is 11.7. The number of rotatable bonds is 4. The summed E-state index contributed by atoms with van der Waals surface area (Å²) in [6, 6.07) is 2.79. The van der Waals surface area contributed by atoms with E-state index in [0.717, 1.165) is 11.1 Å². The molecule has 0 amide bonds. The maximum Gasteiger partial charge on any atom is 0.330 e. The summed E-state index contributed by atoms with van der Waals surface area (Å²) < 4.78 is 4.68. The third kappa shape index (κ3) is 4.61. The van der Waals surface area contributed by atoms with Crippen molar-refractivity contribution in [1.29, 1.82) is 0 Å². The molecule has 0 heterocycles. The second-order valence-corrected chi connectivity index (χ2v) is 7.82. The number of hydrogen-bond acceptors (Lipinski definition) is 5. The lowest BCUT2D eigenvalue weighted by atomic mass is 9.79. The predicted molar refractivity (Wildman–Crippen MR) is 92.0 cm³/mol. The predicted octanol–water partition coefficient (Wildman–Crippen LogP) is 2.93. The van der Waals surface area contributed by atoms with Crippen LogP contribution < -0.4 is 5.32 Å². The van der Waals surface area contributed by atoms with E-state index in [2.05, 4.69) is 10.1 Å². The van der Waals surface area contributed by atoms with Crippen LogP contribution in [0.4, 0.5) is 5.69 Å². The Balaban J connectivity index is 3.41. The molecule has 0 aromatic heterocycles. The van der Waals surface area contributed by atoms with Crippen LogP contribution in [-0.2, 0) is 20.4 Å². The summed E-state index contributed by atoms with van der Waals surface area (Å²) in [5.74, 6) is -0.260. The minimum absolute atomic E-state index is 0.262. The number of ether oxygens (including phenoxy) is 1. The molecule has 5 heteroatoms. The zero-order valence-corrected chi connectivity index (χ0v) is 15.2. The van der Waals surface area contributed by atoms with E-state index in [0.29, 0.717) is 5.69 Å². The Bertz CT molecular complexity index is 532. The highest BCUT2D eigenvalue weighted by atomic mass is 16.5. The van der Waals surface area contributed by atoms with E-state index in [9.17, 15) is 15.0 Å². The van der Waals surface area contributed by atoms with E-state index in [4.69, 9.17) is 0 Å². The van der Waals surface area contributed by atoms with Crippen LogP contribution >= 0.6 is 0 Å². The number of aliphatic hydroxyl groups excluding tert-OH is 1. The van der Waals surface area contributed by atoms with Crippen molar-refractivity contribution in [2.75, 3.05) is 19.0 Å². The van der Waals surface area contributed by atoms with Gasteiger partial charge in [-0.25, -0.2) is 4.79 Å². The second kappa shape index (κ2) is 6.79. The van der Waals surface area contributed by atoms with Gasteiger partial charge in [-0.15, -0.1) is 0 Å². The molecule has 0 spiro atoms. The first-order chi connectivity index (χ1) is 10.4. The molecule has 0 saturated heterocycles. The zero-order valence-electron chi connectivity index (χ0n) is 15.2. The SMILES string of the molecule is COC(=O)C(CO)Nc1cc(C(C)(C)C)c(O)c(C(C)(C)C)c1. The molecule has 130 valence electrons. The van der Waals surface area contributed by atoms with Gasteiger partial charge in [0, 0.05) is 16.8 Å². The molecule has 1 unspecified atom stereocenters. The lowest BCUT2D eigenvalue weighted by Gasteiger charge is -2.29. The van der Waals surface area contributed by atoms with Crippen LogP contribution in [-0.4, -0.2) is 35.9 Å². The van der Waals surface area contributed by atoms with E-state index in [-0.39, 0.29) is 23.2 Å². The van der Waals surface area contributed by atoms with Gasteiger partial charge >= 0.3 is 5.97 Å². The Labute approximate surface area is 138 Å². The number of phenolic OH excluding ortho intramolecular Hbond substituents is 1. The number of anilines is 1. The van der Waals surface area contributed by atoms with Gasteiger partial charge in [-0.3, -0.25) is 0 Å². The van der Waals surface area contributed by atoms with E-state index in [1.54, 1.807) is 0 Å². The summed E-state index contributed by atoms with van der Waals surface area (Å²) in [5.41, 5.74) is 1.72. The van der Waals surface area contributed by atoms with Gasteiger partial charge in [0.25, 0.3) is 0 Å². The monoisotopic (exact) mass is 323 g/mol. The van der Waals surface area contributed by atoms with Crippen molar-refractivity contribution in [2.45, 2.75) is 58.4 Å². The lowest BCUT2D eigenvalue weighted by molar-refractivity contribution is -0.142. The van der Waals surface area contributed by atoms with Crippen molar-refractivity contribution < 1.29 is 19.7 Å². The molecule has 0 radical (unpaired) electrons. The molecular formula is C18H29NO4. The molecular weight excluding hydrogens is 294 g/mol. The number of esters is 1. The number of carbonyl (C=O) groups is 1. The Kier molecular flexibility index (Phi) is 5.69. The fourth-order valence-corrected chi connectivity index (χ4v) is 2.38. The molecule has 5 nitrogen and oxygen atoms in total. The standard InChI is InChI=1S/C18H29NO4/c1-17(2,3)12-8-11(19-14(10-20)16(22)23-7)9-13(15(12)21)18(4,5)6/h8-9,14,19-21H,10H2,1-7H3. The van der Waals surface area contributed by atoms with Gasteiger partial charge in [-0.1, -0.05) is 41.5 Å². The van der Waals surface area contributed by atoms with Crippen LogP contribution in [0.3, 0.4) is 0 Å². The Morgan fingerprint density at radius 3 is 1.87 bits per heavy atom. The Morgan fingerprint density at radius 1 is 1.13 bits per heavy atom. The maximum absolute atomic E-state index is 11.7. The number of aromatic hydroxyl groups is 1. The molecule has 0 saturated carbocycles. The van der Waals surface area contributed by atoms with E-state index in [1.807, 2.05) is 53.7 Å². The first-order valence-corrected chi connectivity index (χ1v) is 7.75. The normalized spacial score (nSPS) is 13.6. The van der Waals surface area contributed by atoms with Crippen LogP contribution in [0.1, 0.15) is 52.7 Å². The van der Waals surface area contributed by atoms with E-state index < -0.39 is 12.0 Å². The first kappa shape index (κ1) is 19.3. The van der Waals surface area contributed by atoms with Gasteiger partial charge in [0.2, 0.25) is 0 Å². The van der Waals surface area contributed by atoms with Gasteiger partial charge in [-0.05, 0) is 23.0 Å². The molecule has 0 aliphatic carbocycles. The third-order valence-electron chi connectivity index (χ3n) is 3.74. The van der Waals surface area contributed by atoms with Crippen molar-refractivity contribution in [3.8, 4) is 5.75 Å². The highest BCUT2D eigenvalue weighted by Gasteiger charge is 2.27. The average Bonchev–Trinajstić information content (AvgIpc) is 2.42. The number of methoxy groups -OCH3 is 1. The highest BCUT2D eigenvalue weighted by molar-refractivity contribution is 5.79. The Hall–Kier alpha value is -1.75. The zero-order chi connectivity index (χ0) is 18.0. The van der Waals surface area contributed by atoms with Gasteiger partial charge in [0.15, 0.2) is 0 Å². The number of nitrogens with one attached hydrogen (secondary N) is 1. The molecule has 0 bridgehead atoms. The summed E-state index contributed by atoms with van der Waals surface area (Å²) in [7, 11) is 1.28. The highest BCUT2D eigenvalue weighted by Crippen LogP contribution is 2.41. The van der Waals surface area contributed by atoms with Crippen molar-refractivity contribution in [3.63, 3.8) is 0 Å². The van der Waals surface area contributed by atoms with Crippen LogP contribution in [0.2, 0.25) is 0 Å². The number of hydrogen-bond donors (Lipinski definition) is 3. The first-order valence-electron chi connectivity index (χ1n) is 7.75. The van der Waals surface area contributed by atoms with Gasteiger partial charge < -0.3 is 20.3 Å². The molecule has 3 N–H and O–H groups in total. The van der Waals surface area contributed by atoms with Crippen LogP contribution in [0.5, 0.6) is 5.75 Å². The third-order valence-corrected chi connectivity index (χ3v) is 3.74. The molecule has 1 aromatic carbocycles. The van der Waals surface area contributed by atoms with Gasteiger partial charge in [0.05, 0.1) is 13.7 Å². The van der Waals surface area contributed by atoms with Crippen LogP contribution in [0, 0.1) is 0 Å². The summed E-state index contributed by atoms with van der Waals surface area (Å²) in [6.07, 6.45) is 0. The second-order valence-electron chi connectivity index (χ2n) is 7.82. The van der Waals surface area contributed by atoms with E-state index >= 15 is 0 Å². The summed E-state index contributed by atoms with van der Waals surface area (Å²) in [6.45, 7) is 11.7. The fraction of sp³-hybridized carbons (Fsp3) is 0.611. The Morgan fingerprint density at radius 2 is 1.57 bits per heavy atom. The maximum atomic E-state index is 11.7. The van der Waals surface area contributed by atoms with Crippen molar-refractivity contribution in [3.05, 3.63) is 23.3 Å². The summed E-state index contributed by atoms with van der Waals surface area (Å²) >= 11 is 0. The van der Waals surface area contributed by atoms with Crippen molar-refractivity contribution in [1.82, 2.24) is 0 Å². The van der Waals surface area contributed by atoms with Crippen molar-refractivity contribution in [2.24, 2.45) is 0 Å². The number of phenols is 1. The van der Waals surface area contributed by atoms with Crippen LogP contribution in [0.15, 0.2) is 12.1 Å². The number of benzene rings is 1. The van der Waals surface area contributed by atoms with Crippen molar-refractivity contribution >= 4 is 11.7 Å². The van der Waals surface area contributed by atoms with Crippen LogP contribution in [0.25, 0.3) is 0 Å². The summed E-state index contributed by atoms with van der Waals surface area (Å²) in [5, 5.41) is 23.0. The number of carbonyl (C=O) groups excluding carboxylic acids is 1. The average molecular weight is 323 g/mol. The molecule has 0 aliphatic heterocycles. The topological polar surface area (TPSA) is 78.8 Å². The molecule has 0 aliphatic rings. The lowest BCUT2D eigenvalue weighted by Crippen LogP contribution is -2.34. The minimum atomic E-state index is -0.842. The number of aliphatic hydroxyl groups is 1. The fourth-order valence-electron chi connectivity index (χ4n) is 2.38. The minimum Gasteiger partial charge on any atom is -0.507 e. The van der Waals surface area contributed by atoms with Gasteiger partial charge in [-0.2, -0.15) is 0 Å². The molecule has 0 fully saturated rings. The quantitative estimate of drug-likeness (QED) is 0.586. The molecule has 23 heavy (non-hydrogen) atoms. The molecule has 1 rings (SSSR count). The van der Waals surface area contributed by atoms with Gasteiger partial charge in [0.1, 0.15) is 11.8 Å². The molecule has 1 atom stereocenters. The smallest absolute Gasteiger partial charge is 0.330 e. The van der Waals surface area contributed by atoms with E-state index in [1.165, 1.54) is 7.11 Å².